The summed E-state index contributed by atoms with van der Waals surface area (Å²) in [5.74, 6) is -1.01. The number of hydrogen-bond donors (Lipinski definition) is 2. The molecule has 1 aromatic heterocycles. The molecule has 0 aliphatic heterocycles. The number of carbonyl (C=O) groups is 1. The first-order chi connectivity index (χ1) is 11.3. The molecule has 1 heterocycles. The number of nitrogens with two attached hydrogens (primary N) is 1. The highest BCUT2D eigenvalue weighted by molar-refractivity contribution is 5.72. The minimum atomic E-state index is -1.01. The van der Waals surface area contributed by atoms with Crippen LogP contribution in [-0.4, -0.2) is 39.9 Å². The van der Waals surface area contributed by atoms with Crippen LogP contribution in [0.5, 0.6) is 0 Å². The van der Waals surface area contributed by atoms with Gasteiger partial charge in [-0.2, -0.15) is 0 Å². The van der Waals surface area contributed by atoms with Crippen molar-refractivity contribution < 1.29 is 14.6 Å². The summed E-state index contributed by atoms with van der Waals surface area (Å²) < 4.78 is 7.13. The third-order valence-electron chi connectivity index (χ3n) is 3.77. The molecule has 0 fully saturated rings. The van der Waals surface area contributed by atoms with Crippen LogP contribution >= 0.6 is 0 Å². The van der Waals surface area contributed by atoms with Gasteiger partial charge in [-0.05, 0) is 23.1 Å². The van der Waals surface area contributed by atoms with Gasteiger partial charge in [-0.1, -0.05) is 32.9 Å². The fourth-order valence-electron chi connectivity index (χ4n) is 2.36. The minimum Gasteiger partial charge on any atom is -0.479 e. The molecule has 6 nitrogen and oxygen atoms in total. The molecular weight excluding hydrogens is 306 g/mol. The number of rotatable bonds is 7. The molecule has 0 saturated heterocycles. The van der Waals surface area contributed by atoms with E-state index in [4.69, 9.17) is 10.5 Å². The number of aliphatic carboxylic acids is 1. The highest BCUT2D eigenvalue weighted by Gasteiger charge is 2.20. The summed E-state index contributed by atoms with van der Waals surface area (Å²) in [6, 6.07) is 8.26. The molecule has 2 aromatic rings. The maximum absolute atomic E-state index is 11.2. The first kappa shape index (κ1) is 18.2. The van der Waals surface area contributed by atoms with Gasteiger partial charge in [-0.25, -0.2) is 9.78 Å². The van der Waals surface area contributed by atoms with Crippen molar-refractivity contribution in [3.63, 3.8) is 0 Å². The van der Waals surface area contributed by atoms with Gasteiger partial charge in [0, 0.05) is 24.8 Å². The molecule has 24 heavy (non-hydrogen) atoms. The molecule has 130 valence electrons. The summed E-state index contributed by atoms with van der Waals surface area (Å²) in [6.07, 6.45) is 2.79. The van der Waals surface area contributed by atoms with E-state index in [9.17, 15) is 9.90 Å². The number of nitrogens with zero attached hydrogens (tertiary/aromatic N) is 2. The van der Waals surface area contributed by atoms with E-state index in [1.807, 2.05) is 22.9 Å². The van der Waals surface area contributed by atoms with Crippen molar-refractivity contribution in [1.82, 2.24) is 9.55 Å². The van der Waals surface area contributed by atoms with E-state index >= 15 is 0 Å². The first-order valence-electron chi connectivity index (χ1n) is 7.99. The Morgan fingerprint density at radius 2 is 2.00 bits per heavy atom. The monoisotopic (exact) mass is 331 g/mol. The zero-order chi connectivity index (χ0) is 17.7. The third kappa shape index (κ3) is 4.66. The van der Waals surface area contributed by atoms with Gasteiger partial charge >= 0.3 is 5.97 Å². The van der Waals surface area contributed by atoms with Crippen LogP contribution in [0.15, 0.2) is 36.8 Å². The summed E-state index contributed by atoms with van der Waals surface area (Å²) in [6.45, 7) is 7.02. The molecule has 0 aliphatic rings. The topological polar surface area (TPSA) is 90.4 Å². The first-order valence-corrected chi connectivity index (χ1v) is 7.99. The average Bonchev–Trinajstić information content (AvgIpc) is 2.99. The molecule has 6 heteroatoms. The lowest BCUT2D eigenvalue weighted by atomic mass is 9.87. The zero-order valence-corrected chi connectivity index (χ0v) is 14.4. The van der Waals surface area contributed by atoms with Crippen LogP contribution in [0.25, 0.3) is 5.69 Å². The van der Waals surface area contributed by atoms with Gasteiger partial charge in [-0.15, -0.1) is 0 Å². The standard InChI is InChI=1S/C18H25N3O3/c1-18(2,3)13-4-6-15(7-5-13)21-11-14(20-12-21)10-16(17(22)23)24-9-8-19/h4-7,11-12,16H,8-10,19H2,1-3H3,(H,22,23). The number of hydrogen-bond acceptors (Lipinski definition) is 4. The molecular formula is C18H25N3O3. The van der Waals surface area contributed by atoms with E-state index in [2.05, 4.69) is 37.9 Å². The predicted molar refractivity (Wildman–Crippen MR) is 92.4 cm³/mol. The molecule has 0 saturated carbocycles. The van der Waals surface area contributed by atoms with Gasteiger partial charge in [-0.3, -0.25) is 0 Å². The summed E-state index contributed by atoms with van der Waals surface area (Å²) >= 11 is 0. The smallest absolute Gasteiger partial charge is 0.333 e. The lowest BCUT2D eigenvalue weighted by Gasteiger charge is -2.19. The van der Waals surface area contributed by atoms with Gasteiger partial charge in [0.05, 0.1) is 18.6 Å². The van der Waals surface area contributed by atoms with Crippen LogP contribution in [0.4, 0.5) is 0 Å². The molecule has 0 bridgehead atoms. The Morgan fingerprint density at radius 3 is 2.54 bits per heavy atom. The average molecular weight is 331 g/mol. The molecule has 1 aromatic carbocycles. The van der Waals surface area contributed by atoms with Gasteiger partial charge in [0.15, 0.2) is 6.10 Å². The van der Waals surface area contributed by atoms with Crippen molar-refractivity contribution in [1.29, 1.82) is 0 Å². The van der Waals surface area contributed by atoms with Crippen molar-refractivity contribution in [2.75, 3.05) is 13.2 Å². The number of carboxylic acids is 1. The van der Waals surface area contributed by atoms with Crippen LogP contribution in [0, 0.1) is 0 Å². The van der Waals surface area contributed by atoms with E-state index in [0.29, 0.717) is 12.2 Å². The Bertz CT molecular complexity index is 672. The van der Waals surface area contributed by atoms with Crippen LogP contribution in [0.3, 0.4) is 0 Å². The second-order valence-corrected chi connectivity index (χ2v) is 6.76. The maximum atomic E-state index is 11.2. The fourth-order valence-corrected chi connectivity index (χ4v) is 2.36. The summed E-state index contributed by atoms with van der Waals surface area (Å²) in [5.41, 5.74) is 8.37. The maximum Gasteiger partial charge on any atom is 0.333 e. The van der Waals surface area contributed by atoms with Crippen molar-refractivity contribution in [2.24, 2.45) is 5.73 Å². The van der Waals surface area contributed by atoms with E-state index in [-0.39, 0.29) is 18.4 Å². The largest absolute Gasteiger partial charge is 0.479 e. The Hall–Kier alpha value is -2.18. The SMILES string of the molecule is CC(C)(C)c1ccc(-n2cnc(CC(OCCN)C(=O)O)c2)cc1. The highest BCUT2D eigenvalue weighted by Crippen LogP contribution is 2.23. The molecule has 2 rings (SSSR count). The quantitative estimate of drug-likeness (QED) is 0.811. The Morgan fingerprint density at radius 1 is 1.33 bits per heavy atom. The Balaban J connectivity index is 2.11. The summed E-state index contributed by atoms with van der Waals surface area (Å²) in [5, 5.41) is 9.19. The van der Waals surface area contributed by atoms with Crippen molar-refractivity contribution in [2.45, 2.75) is 38.7 Å². The third-order valence-corrected chi connectivity index (χ3v) is 3.77. The van der Waals surface area contributed by atoms with Crippen LogP contribution < -0.4 is 5.73 Å². The van der Waals surface area contributed by atoms with Crippen LogP contribution in [0.1, 0.15) is 32.0 Å². The van der Waals surface area contributed by atoms with Crippen LogP contribution in [0.2, 0.25) is 0 Å². The van der Waals surface area contributed by atoms with Crippen LogP contribution in [-0.2, 0) is 21.4 Å². The lowest BCUT2D eigenvalue weighted by Crippen LogP contribution is -2.28. The minimum absolute atomic E-state index is 0.105. The van der Waals surface area contributed by atoms with Crippen molar-refractivity contribution >= 4 is 5.97 Å². The van der Waals surface area contributed by atoms with Gasteiger partial charge in [0.2, 0.25) is 0 Å². The number of ether oxygens (including phenoxy) is 1. The lowest BCUT2D eigenvalue weighted by molar-refractivity contribution is -0.150. The van der Waals surface area contributed by atoms with Crippen molar-refractivity contribution in [3.05, 3.63) is 48.0 Å². The zero-order valence-electron chi connectivity index (χ0n) is 14.4. The molecule has 0 radical (unpaired) electrons. The summed E-state index contributed by atoms with van der Waals surface area (Å²) in [7, 11) is 0. The summed E-state index contributed by atoms with van der Waals surface area (Å²) in [4.78, 5) is 15.5. The normalized spacial score (nSPS) is 13.0. The van der Waals surface area contributed by atoms with E-state index in [1.165, 1.54) is 5.56 Å². The Labute approximate surface area is 142 Å². The molecule has 1 atom stereocenters. The van der Waals surface area contributed by atoms with Gasteiger partial charge < -0.3 is 20.1 Å². The number of benzene rings is 1. The molecule has 3 N–H and O–H groups in total. The van der Waals surface area contributed by atoms with E-state index in [0.717, 1.165) is 5.69 Å². The Kier molecular flexibility index (Phi) is 5.75. The number of imidazole rings is 1. The second kappa shape index (κ2) is 7.59. The molecule has 0 amide bonds. The van der Waals surface area contributed by atoms with Gasteiger partial charge in [0.25, 0.3) is 0 Å². The fraction of sp³-hybridized carbons (Fsp3) is 0.444. The van der Waals surface area contributed by atoms with E-state index < -0.39 is 12.1 Å². The number of aromatic nitrogens is 2. The predicted octanol–water partition coefficient (Wildman–Crippen LogP) is 2.14. The van der Waals surface area contributed by atoms with Gasteiger partial charge in [0.1, 0.15) is 0 Å². The number of carboxylic acid groups (broad SMARTS) is 1. The molecule has 1 unspecified atom stereocenters. The van der Waals surface area contributed by atoms with Crippen molar-refractivity contribution in [3.8, 4) is 5.69 Å². The molecule has 0 spiro atoms. The molecule has 0 aliphatic carbocycles. The van der Waals surface area contributed by atoms with E-state index in [1.54, 1.807) is 6.33 Å². The highest BCUT2D eigenvalue weighted by atomic mass is 16.5. The second-order valence-electron chi connectivity index (χ2n) is 6.76.